The van der Waals surface area contributed by atoms with Gasteiger partial charge in [0.1, 0.15) is 5.60 Å². The van der Waals surface area contributed by atoms with Crippen LogP contribution in [-0.4, -0.2) is 18.3 Å². The van der Waals surface area contributed by atoms with Crippen LogP contribution in [0, 0.1) is 0 Å². The van der Waals surface area contributed by atoms with Crippen molar-refractivity contribution in [2.45, 2.75) is 38.2 Å². The second-order valence-electron chi connectivity index (χ2n) is 5.59. The van der Waals surface area contributed by atoms with Crippen LogP contribution in [0.25, 0.3) is 0 Å². The maximum absolute atomic E-state index is 9.27. The van der Waals surface area contributed by atoms with Crippen molar-refractivity contribution >= 4 is 0 Å². The van der Waals surface area contributed by atoms with E-state index in [-0.39, 0.29) is 6.61 Å². The van der Waals surface area contributed by atoms with Gasteiger partial charge >= 0.3 is 0 Å². The number of hydrogen-bond donors (Lipinski definition) is 1. The lowest BCUT2D eigenvalue weighted by molar-refractivity contribution is -0.0411. The highest BCUT2D eigenvalue weighted by Gasteiger charge is 2.34. The van der Waals surface area contributed by atoms with Crippen LogP contribution in [0.4, 0.5) is 0 Å². The molecular formula is C20H26O2. The van der Waals surface area contributed by atoms with Crippen molar-refractivity contribution in [3.63, 3.8) is 0 Å². The normalized spacial score (nSPS) is 11.5. The Morgan fingerprint density at radius 2 is 1.41 bits per heavy atom. The van der Waals surface area contributed by atoms with E-state index in [2.05, 4.69) is 55.5 Å². The van der Waals surface area contributed by atoms with Gasteiger partial charge in [-0.05, 0) is 24.0 Å². The molecule has 0 aliphatic rings. The zero-order valence-electron chi connectivity index (χ0n) is 13.4. The van der Waals surface area contributed by atoms with E-state index in [1.165, 1.54) is 12.8 Å². The molecule has 2 aromatic carbocycles. The van der Waals surface area contributed by atoms with E-state index in [1.54, 1.807) is 0 Å². The van der Waals surface area contributed by atoms with Crippen LogP contribution in [-0.2, 0) is 10.3 Å². The minimum Gasteiger partial charge on any atom is -0.394 e. The summed E-state index contributed by atoms with van der Waals surface area (Å²) in [4.78, 5) is 0. The van der Waals surface area contributed by atoms with Crippen molar-refractivity contribution in [3.8, 4) is 0 Å². The van der Waals surface area contributed by atoms with Crippen LogP contribution in [0.1, 0.15) is 43.7 Å². The first-order valence-electron chi connectivity index (χ1n) is 8.19. The third-order valence-electron chi connectivity index (χ3n) is 4.05. The summed E-state index contributed by atoms with van der Waals surface area (Å²) in [6, 6.07) is 20.7. The molecule has 0 spiro atoms. The standard InChI is InChI=1S/C20H26O2/c1-2-3-10-15-20(22-17-16-21,18-11-6-4-7-12-18)19-13-8-5-9-14-19/h4-9,11-14,21H,2-3,10,15-17H2,1H3. The van der Waals surface area contributed by atoms with E-state index in [4.69, 9.17) is 4.74 Å². The molecule has 2 aromatic rings. The van der Waals surface area contributed by atoms with Gasteiger partial charge in [-0.1, -0.05) is 80.4 Å². The van der Waals surface area contributed by atoms with Crippen molar-refractivity contribution in [3.05, 3.63) is 71.8 Å². The van der Waals surface area contributed by atoms with E-state index >= 15 is 0 Å². The summed E-state index contributed by atoms with van der Waals surface area (Å²) < 4.78 is 6.25. The second kappa shape index (κ2) is 8.72. The lowest BCUT2D eigenvalue weighted by Gasteiger charge is -2.35. The maximum Gasteiger partial charge on any atom is 0.118 e. The molecule has 2 rings (SSSR count). The van der Waals surface area contributed by atoms with Gasteiger partial charge in [-0.15, -0.1) is 0 Å². The molecule has 0 unspecified atom stereocenters. The average Bonchev–Trinajstić information content (AvgIpc) is 2.60. The first-order chi connectivity index (χ1) is 10.8. The average molecular weight is 298 g/mol. The summed E-state index contributed by atoms with van der Waals surface area (Å²) in [7, 11) is 0. The maximum atomic E-state index is 9.27. The summed E-state index contributed by atoms with van der Waals surface area (Å²) in [5.74, 6) is 0. The number of aliphatic hydroxyl groups excluding tert-OH is 1. The van der Waals surface area contributed by atoms with Gasteiger partial charge in [0.15, 0.2) is 0 Å². The molecule has 0 aromatic heterocycles. The highest BCUT2D eigenvalue weighted by molar-refractivity contribution is 5.36. The lowest BCUT2D eigenvalue weighted by Crippen LogP contribution is -2.32. The Bertz CT molecular complexity index is 482. The molecule has 0 amide bonds. The molecule has 22 heavy (non-hydrogen) atoms. The molecule has 0 radical (unpaired) electrons. The highest BCUT2D eigenvalue weighted by Crippen LogP contribution is 2.38. The number of unbranched alkanes of at least 4 members (excludes halogenated alkanes) is 2. The SMILES string of the molecule is CCCCCC(OCCO)(c1ccccc1)c1ccccc1. The fraction of sp³-hybridized carbons (Fsp3) is 0.400. The van der Waals surface area contributed by atoms with Crippen molar-refractivity contribution < 1.29 is 9.84 Å². The molecule has 0 bridgehead atoms. The second-order valence-corrected chi connectivity index (χ2v) is 5.59. The summed E-state index contributed by atoms with van der Waals surface area (Å²) in [5.41, 5.74) is 1.84. The molecular weight excluding hydrogens is 272 g/mol. The third-order valence-corrected chi connectivity index (χ3v) is 4.05. The summed E-state index contributed by atoms with van der Waals surface area (Å²) in [5, 5.41) is 9.27. The molecule has 0 saturated carbocycles. The molecule has 0 fully saturated rings. The van der Waals surface area contributed by atoms with Crippen molar-refractivity contribution in [2.24, 2.45) is 0 Å². The van der Waals surface area contributed by atoms with Gasteiger partial charge in [-0.25, -0.2) is 0 Å². The third kappa shape index (κ3) is 3.96. The Labute approximate surface area is 133 Å². The van der Waals surface area contributed by atoms with E-state index in [0.717, 1.165) is 24.0 Å². The molecule has 0 aliphatic carbocycles. The predicted octanol–water partition coefficient (Wildman–Crippen LogP) is 4.52. The van der Waals surface area contributed by atoms with E-state index in [1.807, 2.05) is 12.1 Å². The Balaban J connectivity index is 2.43. The number of benzene rings is 2. The molecule has 0 heterocycles. The fourth-order valence-corrected chi connectivity index (χ4v) is 2.95. The zero-order chi connectivity index (χ0) is 15.7. The summed E-state index contributed by atoms with van der Waals surface area (Å²) in [6.45, 7) is 2.59. The first-order valence-corrected chi connectivity index (χ1v) is 8.19. The van der Waals surface area contributed by atoms with E-state index in [0.29, 0.717) is 6.61 Å². The highest BCUT2D eigenvalue weighted by atomic mass is 16.5. The van der Waals surface area contributed by atoms with Gasteiger partial charge in [-0.3, -0.25) is 0 Å². The molecule has 0 aliphatic heterocycles. The molecule has 0 saturated heterocycles. The van der Waals surface area contributed by atoms with Gasteiger partial charge in [0.25, 0.3) is 0 Å². The number of ether oxygens (including phenoxy) is 1. The molecule has 2 heteroatoms. The van der Waals surface area contributed by atoms with Crippen LogP contribution in [0.5, 0.6) is 0 Å². The number of aliphatic hydroxyl groups is 1. The van der Waals surface area contributed by atoms with Crippen LogP contribution in [0.2, 0.25) is 0 Å². The zero-order valence-corrected chi connectivity index (χ0v) is 13.4. The van der Waals surface area contributed by atoms with Crippen LogP contribution >= 0.6 is 0 Å². The largest absolute Gasteiger partial charge is 0.394 e. The van der Waals surface area contributed by atoms with Crippen molar-refractivity contribution in [1.29, 1.82) is 0 Å². The van der Waals surface area contributed by atoms with Gasteiger partial charge in [0.2, 0.25) is 0 Å². The summed E-state index contributed by atoms with van der Waals surface area (Å²) >= 11 is 0. The minimum atomic E-state index is -0.472. The van der Waals surface area contributed by atoms with Gasteiger partial charge in [-0.2, -0.15) is 0 Å². The van der Waals surface area contributed by atoms with E-state index < -0.39 is 5.60 Å². The first kappa shape index (κ1) is 16.7. The lowest BCUT2D eigenvalue weighted by atomic mass is 9.81. The van der Waals surface area contributed by atoms with Crippen LogP contribution < -0.4 is 0 Å². The van der Waals surface area contributed by atoms with Crippen molar-refractivity contribution in [2.75, 3.05) is 13.2 Å². The van der Waals surface area contributed by atoms with Gasteiger partial charge < -0.3 is 9.84 Å². The number of rotatable bonds is 9. The minimum absolute atomic E-state index is 0.0369. The van der Waals surface area contributed by atoms with Gasteiger partial charge in [0.05, 0.1) is 13.2 Å². The summed E-state index contributed by atoms with van der Waals surface area (Å²) in [6.07, 6.45) is 4.39. The predicted molar refractivity (Wildman–Crippen MR) is 90.8 cm³/mol. The molecule has 118 valence electrons. The molecule has 0 atom stereocenters. The van der Waals surface area contributed by atoms with Crippen molar-refractivity contribution in [1.82, 2.24) is 0 Å². The Hall–Kier alpha value is -1.64. The Morgan fingerprint density at radius 1 is 0.864 bits per heavy atom. The van der Waals surface area contributed by atoms with Crippen LogP contribution in [0.3, 0.4) is 0 Å². The van der Waals surface area contributed by atoms with E-state index in [9.17, 15) is 5.11 Å². The quantitative estimate of drug-likeness (QED) is 0.690. The Kier molecular flexibility index (Phi) is 6.63. The smallest absolute Gasteiger partial charge is 0.118 e. The topological polar surface area (TPSA) is 29.5 Å². The number of hydrogen-bond acceptors (Lipinski definition) is 2. The monoisotopic (exact) mass is 298 g/mol. The molecule has 2 nitrogen and oxygen atoms in total. The Morgan fingerprint density at radius 3 is 1.86 bits per heavy atom. The molecule has 1 N–H and O–H groups in total. The fourth-order valence-electron chi connectivity index (χ4n) is 2.95. The van der Waals surface area contributed by atoms with Crippen LogP contribution in [0.15, 0.2) is 60.7 Å². The van der Waals surface area contributed by atoms with Gasteiger partial charge in [0, 0.05) is 0 Å².